The number of hydrogen-bond donors (Lipinski definition) is 2. The van der Waals surface area contributed by atoms with Crippen molar-refractivity contribution in [1.82, 2.24) is 5.32 Å². The third-order valence-electron chi connectivity index (χ3n) is 5.04. The predicted molar refractivity (Wildman–Crippen MR) is 106 cm³/mol. The van der Waals surface area contributed by atoms with Gasteiger partial charge in [0, 0.05) is 34.5 Å². The Balaban J connectivity index is 1.85. The maximum absolute atomic E-state index is 11.7. The molecule has 2 aromatic heterocycles. The molecule has 0 aliphatic heterocycles. The maximum Gasteiger partial charge on any atom is 0.336 e. The number of unbranched alkanes of at least 4 members (excludes halogenated alkanes) is 3. The van der Waals surface area contributed by atoms with Crippen LogP contribution in [-0.4, -0.2) is 13.1 Å². The van der Waals surface area contributed by atoms with E-state index < -0.39 is 0 Å². The highest BCUT2D eigenvalue weighted by atomic mass is 16.4. The van der Waals surface area contributed by atoms with Crippen LogP contribution < -0.4 is 16.7 Å². The number of aryl methyl sites for hydroxylation is 3. The summed E-state index contributed by atoms with van der Waals surface area (Å²) in [5.74, 6) is 0.911. The molecule has 0 saturated heterocycles. The molecule has 0 aliphatic rings. The highest BCUT2D eigenvalue weighted by Gasteiger charge is 2.17. The van der Waals surface area contributed by atoms with Gasteiger partial charge in [-0.1, -0.05) is 12.8 Å². The highest BCUT2D eigenvalue weighted by Crippen LogP contribution is 2.34. The van der Waals surface area contributed by atoms with Gasteiger partial charge in [0.2, 0.25) is 0 Å². The molecule has 0 unspecified atom stereocenters. The van der Waals surface area contributed by atoms with Gasteiger partial charge in [-0.2, -0.15) is 0 Å². The zero-order valence-corrected chi connectivity index (χ0v) is 15.9. The zero-order chi connectivity index (χ0) is 18.7. The van der Waals surface area contributed by atoms with Gasteiger partial charge >= 0.3 is 5.63 Å². The molecule has 0 bridgehead atoms. The normalized spacial score (nSPS) is 11.7. The molecule has 0 atom stereocenters. The SMILES string of the molecule is Cc1oc2c(C)c3oc(=O)cc(C)c3cc2c1CNCCCCCCN. The maximum atomic E-state index is 11.7. The zero-order valence-electron chi connectivity index (χ0n) is 15.9. The topological polar surface area (TPSA) is 81.4 Å². The number of nitrogens with one attached hydrogen (secondary N) is 1. The molecule has 3 rings (SSSR count). The van der Waals surface area contributed by atoms with Crippen molar-refractivity contribution in [3.05, 3.63) is 45.0 Å². The smallest absolute Gasteiger partial charge is 0.336 e. The van der Waals surface area contributed by atoms with Crippen LogP contribution in [0.15, 0.2) is 25.8 Å². The van der Waals surface area contributed by atoms with E-state index >= 15 is 0 Å². The van der Waals surface area contributed by atoms with Gasteiger partial charge in [-0.3, -0.25) is 0 Å². The van der Waals surface area contributed by atoms with Crippen molar-refractivity contribution in [2.45, 2.75) is 53.0 Å². The lowest BCUT2D eigenvalue weighted by Crippen LogP contribution is -2.15. The molecule has 1 aromatic carbocycles. The Morgan fingerprint density at radius 2 is 1.69 bits per heavy atom. The minimum Gasteiger partial charge on any atom is -0.461 e. The Morgan fingerprint density at radius 1 is 0.962 bits per heavy atom. The number of furan rings is 1. The average molecular weight is 356 g/mol. The Labute approximate surface area is 153 Å². The number of fused-ring (bicyclic) bond motifs is 2. The molecule has 0 amide bonds. The van der Waals surface area contributed by atoms with Gasteiger partial charge < -0.3 is 19.9 Å². The number of hydrogen-bond acceptors (Lipinski definition) is 5. The van der Waals surface area contributed by atoms with E-state index in [0.717, 1.165) is 65.7 Å². The number of rotatable bonds is 8. The van der Waals surface area contributed by atoms with Gasteiger partial charge in [0.1, 0.15) is 16.9 Å². The van der Waals surface area contributed by atoms with Crippen LogP contribution >= 0.6 is 0 Å². The van der Waals surface area contributed by atoms with E-state index in [1.165, 1.54) is 18.4 Å². The second kappa shape index (κ2) is 8.06. The molecule has 0 aliphatic carbocycles. The molecular weight excluding hydrogens is 328 g/mol. The molecule has 2 heterocycles. The standard InChI is InChI=1S/C21H28N2O3/c1-13-10-19(24)26-20-14(2)21-17(11-16(13)20)18(15(3)25-21)12-23-9-7-5-4-6-8-22/h10-11,23H,4-9,12,22H2,1-3H3. The lowest BCUT2D eigenvalue weighted by molar-refractivity contribution is 0.546. The molecule has 140 valence electrons. The molecule has 3 N–H and O–H groups in total. The molecular formula is C21H28N2O3. The van der Waals surface area contributed by atoms with Gasteiger partial charge in [0.05, 0.1) is 0 Å². The van der Waals surface area contributed by atoms with Crippen molar-refractivity contribution >= 4 is 21.9 Å². The van der Waals surface area contributed by atoms with Crippen LogP contribution in [-0.2, 0) is 6.54 Å². The summed E-state index contributed by atoms with van der Waals surface area (Å²) in [6.07, 6.45) is 4.66. The van der Waals surface area contributed by atoms with E-state index in [0.29, 0.717) is 5.58 Å². The summed E-state index contributed by atoms with van der Waals surface area (Å²) >= 11 is 0. The molecule has 3 aromatic rings. The van der Waals surface area contributed by atoms with E-state index in [4.69, 9.17) is 14.6 Å². The van der Waals surface area contributed by atoms with Crippen molar-refractivity contribution < 1.29 is 8.83 Å². The van der Waals surface area contributed by atoms with Crippen molar-refractivity contribution in [2.75, 3.05) is 13.1 Å². The van der Waals surface area contributed by atoms with E-state index in [9.17, 15) is 4.79 Å². The van der Waals surface area contributed by atoms with Crippen LogP contribution in [0.3, 0.4) is 0 Å². The van der Waals surface area contributed by atoms with Crippen molar-refractivity contribution in [3.8, 4) is 0 Å². The van der Waals surface area contributed by atoms with Gasteiger partial charge in [-0.25, -0.2) is 4.79 Å². The molecule has 5 heteroatoms. The molecule has 5 nitrogen and oxygen atoms in total. The quantitative estimate of drug-likeness (QED) is 0.470. The first kappa shape index (κ1) is 18.7. The third-order valence-corrected chi connectivity index (χ3v) is 5.04. The highest BCUT2D eigenvalue weighted by molar-refractivity contribution is 5.99. The lowest BCUT2D eigenvalue weighted by Gasteiger charge is -2.07. The van der Waals surface area contributed by atoms with Crippen molar-refractivity contribution in [3.63, 3.8) is 0 Å². The van der Waals surface area contributed by atoms with Crippen LogP contribution in [0, 0.1) is 20.8 Å². The molecule has 0 radical (unpaired) electrons. The van der Waals surface area contributed by atoms with Gasteiger partial charge in [0.15, 0.2) is 0 Å². The van der Waals surface area contributed by atoms with Crippen LogP contribution in [0.1, 0.15) is 48.1 Å². The van der Waals surface area contributed by atoms with E-state index in [1.54, 1.807) is 6.07 Å². The Hall–Kier alpha value is -2.11. The van der Waals surface area contributed by atoms with Crippen LogP contribution in [0.2, 0.25) is 0 Å². The predicted octanol–water partition coefficient (Wildman–Crippen LogP) is 4.07. The molecule has 0 fully saturated rings. The minimum absolute atomic E-state index is 0.322. The Bertz CT molecular complexity index is 969. The first-order valence-electron chi connectivity index (χ1n) is 9.39. The fourth-order valence-electron chi connectivity index (χ4n) is 3.53. The average Bonchev–Trinajstić information content (AvgIpc) is 2.91. The first-order chi connectivity index (χ1) is 12.5. The fraction of sp³-hybridized carbons (Fsp3) is 0.476. The summed E-state index contributed by atoms with van der Waals surface area (Å²) in [5, 5.41) is 5.59. The first-order valence-corrected chi connectivity index (χ1v) is 9.39. The summed E-state index contributed by atoms with van der Waals surface area (Å²) in [6.45, 7) is 8.42. The number of benzene rings is 1. The van der Waals surface area contributed by atoms with Crippen molar-refractivity contribution in [2.24, 2.45) is 5.73 Å². The largest absolute Gasteiger partial charge is 0.461 e. The summed E-state index contributed by atoms with van der Waals surface area (Å²) in [7, 11) is 0. The Kier molecular flexibility index (Phi) is 5.79. The van der Waals surface area contributed by atoms with Gasteiger partial charge in [0.25, 0.3) is 0 Å². The second-order valence-electron chi connectivity index (χ2n) is 7.02. The van der Waals surface area contributed by atoms with Crippen molar-refractivity contribution in [1.29, 1.82) is 0 Å². The minimum atomic E-state index is -0.322. The van der Waals surface area contributed by atoms with E-state index in [1.807, 2.05) is 20.8 Å². The van der Waals surface area contributed by atoms with Crippen LogP contribution in [0.25, 0.3) is 21.9 Å². The Morgan fingerprint density at radius 3 is 2.46 bits per heavy atom. The lowest BCUT2D eigenvalue weighted by atomic mass is 10.0. The summed E-state index contributed by atoms with van der Waals surface area (Å²) in [6, 6.07) is 3.63. The molecule has 26 heavy (non-hydrogen) atoms. The van der Waals surface area contributed by atoms with Gasteiger partial charge in [-0.05, 0) is 58.3 Å². The second-order valence-corrected chi connectivity index (χ2v) is 7.02. The summed E-state index contributed by atoms with van der Waals surface area (Å²) in [5.41, 5.74) is 9.62. The fourth-order valence-corrected chi connectivity index (χ4v) is 3.53. The molecule has 0 spiro atoms. The molecule has 0 saturated carbocycles. The summed E-state index contributed by atoms with van der Waals surface area (Å²) in [4.78, 5) is 11.7. The van der Waals surface area contributed by atoms with Crippen LogP contribution in [0.4, 0.5) is 0 Å². The van der Waals surface area contributed by atoms with E-state index in [-0.39, 0.29) is 5.63 Å². The number of nitrogens with two attached hydrogens (primary N) is 1. The third kappa shape index (κ3) is 3.69. The van der Waals surface area contributed by atoms with Gasteiger partial charge in [-0.15, -0.1) is 0 Å². The van der Waals surface area contributed by atoms with E-state index in [2.05, 4.69) is 11.4 Å². The summed E-state index contributed by atoms with van der Waals surface area (Å²) < 4.78 is 11.4. The van der Waals surface area contributed by atoms with Crippen LogP contribution in [0.5, 0.6) is 0 Å². The monoisotopic (exact) mass is 356 g/mol.